The minimum absolute atomic E-state index is 0.345. The molecule has 1 heterocycles. The number of hydrogen-bond acceptors (Lipinski definition) is 3. The van der Waals surface area contributed by atoms with Gasteiger partial charge in [-0.25, -0.2) is 0 Å². The van der Waals surface area contributed by atoms with Crippen molar-refractivity contribution < 1.29 is 9.47 Å². The molecule has 0 radical (unpaired) electrons. The van der Waals surface area contributed by atoms with Crippen LogP contribution in [-0.4, -0.2) is 26.3 Å². The van der Waals surface area contributed by atoms with Crippen molar-refractivity contribution in [2.45, 2.75) is 50.5 Å². The molecule has 1 aliphatic heterocycles. The Balaban J connectivity index is 1.82. The summed E-state index contributed by atoms with van der Waals surface area (Å²) >= 11 is 3.69. The first-order chi connectivity index (χ1) is 10.3. The molecular formula is C17H24BrNO2. The van der Waals surface area contributed by atoms with Gasteiger partial charge in [-0.2, -0.15) is 0 Å². The fourth-order valence-electron chi connectivity index (χ4n) is 3.40. The van der Waals surface area contributed by atoms with Gasteiger partial charge in [-0.3, -0.25) is 0 Å². The van der Waals surface area contributed by atoms with E-state index in [0.717, 1.165) is 41.9 Å². The monoisotopic (exact) mass is 353 g/mol. The largest absolute Gasteiger partial charge is 0.493 e. The zero-order valence-corrected chi connectivity index (χ0v) is 14.2. The number of benzene rings is 1. The number of hydrogen-bond donors (Lipinski definition) is 1. The van der Waals surface area contributed by atoms with Gasteiger partial charge in [-0.05, 0) is 84.6 Å². The lowest BCUT2D eigenvalue weighted by Crippen LogP contribution is -2.28. The molecule has 2 fully saturated rings. The lowest BCUT2D eigenvalue weighted by atomic mass is 9.91. The van der Waals surface area contributed by atoms with Gasteiger partial charge in [-0.1, -0.05) is 0 Å². The molecule has 1 aromatic rings. The number of rotatable bonds is 4. The van der Waals surface area contributed by atoms with E-state index in [1.807, 2.05) is 0 Å². The van der Waals surface area contributed by atoms with E-state index in [4.69, 9.17) is 9.47 Å². The third-order valence-electron chi connectivity index (χ3n) is 4.61. The minimum Gasteiger partial charge on any atom is -0.493 e. The SMILES string of the molecule is COc1cc(C2CCCNC2)cc(Br)c1OC1CCCC1. The first kappa shape index (κ1) is 15.2. The van der Waals surface area contributed by atoms with Crippen LogP contribution < -0.4 is 14.8 Å². The van der Waals surface area contributed by atoms with Crippen LogP contribution in [0.5, 0.6) is 11.5 Å². The molecule has 3 nitrogen and oxygen atoms in total. The summed E-state index contributed by atoms with van der Waals surface area (Å²) in [6, 6.07) is 4.37. The summed E-state index contributed by atoms with van der Waals surface area (Å²) in [6.45, 7) is 2.19. The second-order valence-electron chi connectivity index (χ2n) is 6.10. The van der Waals surface area contributed by atoms with E-state index in [1.165, 1.54) is 31.2 Å². The van der Waals surface area contributed by atoms with Crippen molar-refractivity contribution in [1.82, 2.24) is 5.32 Å². The topological polar surface area (TPSA) is 30.5 Å². The summed E-state index contributed by atoms with van der Waals surface area (Å²) in [5.41, 5.74) is 1.34. The van der Waals surface area contributed by atoms with Crippen molar-refractivity contribution in [3.8, 4) is 11.5 Å². The van der Waals surface area contributed by atoms with E-state index in [2.05, 4.69) is 33.4 Å². The molecule has 2 aliphatic rings. The Morgan fingerprint density at radius 1 is 1.14 bits per heavy atom. The third-order valence-corrected chi connectivity index (χ3v) is 5.20. The summed E-state index contributed by atoms with van der Waals surface area (Å²) < 4.78 is 12.8. The van der Waals surface area contributed by atoms with Crippen LogP contribution >= 0.6 is 15.9 Å². The van der Waals surface area contributed by atoms with Crippen LogP contribution in [0.15, 0.2) is 16.6 Å². The van der Waals surface area contributed by atoms with Crippen LogP contribution in [0.1, 0.15) is 50.0 Å². The fourth-order valence-corrected chi connectivity index (χ4v) is 3.95. The van der Waals surface area contributed by atoms with Gasteiger partial charge < -0.3 is 14.8 Å². The number of methoxy groups -OCH3 is 1. The van der Waals surface area contributed by atoms with Crippen LogP contribution in [0.3, 0.4) is 0 Å². The van der Waals surface area contributed by atoms with Crippen LogP contribution in [-0.2, 0) is 0 Å². The Labute approximate surface area is 135 Å². The van der Waals surface area contributed by atoms with E-state index >= 15 is 0 Å². The highest BCUT2D eigenvalue weighted by Gasteiger charge is 2.23. The van der Waals surface area contributed by atoms with Crippen molar-refractivity contribution in [1.29, 1.82) is 0 Å². The predicted octanol–water partition coefficient (Wildman–Crippen LogP) is 4.25. The summed E-state index contributed by atoms with van der Waals surface area (Å²) in [5, 5.41) is 3.48. The zero-order valence-electron chi connectivity index (χ0n) is 12.7. The average molecular weight is 354 g/mol. The molecule has 1 atom stereocenters. The molecule has 1 aromatic carbocycles. The Morgan fingerprint density at radius 3 is 2.62 bits per heavy atom. The van der Waals surface area contributed by atoms with Crippen molar-refractivity contribution in [2.24, 2.45) is 0 Å². The molecule has 4 heteroatoms. The summed E-state index contributed by atoms with van der Waals surface area (Å²) in [6.07, 6.45) is 7.69. The van der Waals surface area contributed by atoms with Crippen molar-refractivity contribution in [3.05, 3.63) is 22.2 Å². The molecule has 0 amide bonds. The highest BCUT2D eigenvalue weighted by Crippen LogP contribution is 2.41. The highest BCUT2D eigenvalue weighted by atomic mass is 79.9. The Morgan fingerprint density at radius 2 is 1.95 bits per heavy atom. The van der Waals surface area contributed by atoms with Gasteiger partial charge in [0.25, 0.3) is 0 Å². The zero-order chi connectivity index (χ0) is 14.7. The second kappa shape index (κ2) is 7.01. The van der Waals surface area contributed by atoms with Gasteiger partial charge in [0.15, 0.2) is 11.5 Å². The van der Waals surface area contributed by atoms with E-state index in [1.54, 1.807) is 7.11 Å². The second-order valence-corrected chi connectivity index (χ2v) is 6.96. The number of halogens is 1. The van der Waals surface area contributed by atoms with Crippen molar-refractivity contribution in [3.63, 3.8) is 0 Å². The maximum atomic E-state index is 6.18. The van der Waals surface area contributed by atoms with Crippen LogP contribution in [0.25, 0.3) is 0 Å². The number of nitrogens with one attached hydrogen (secondary N) is 1. The predicted molar refractivity (Wildman–Crippen MR) is 88.4 cm³/mol. The summed E-state index contributed by atoms with van der Waals surface area (Å²) in [5.74, 6) is 2.30. The quantitative estimate of drug-likeness (QED) is 0.877. The molecule has 21 heavy (non-hydrogen) atoms. The summed E-state index contributed by atoms with van der Waals surface area (Å²) in [7, 11) is 1.73. The highest BCUT2D eigenvalue weighted by molar-refractivity contribution is 9.10. The lowest BCUT2D eigenvalue weighted by molar-refractivity contribution is 0.199. The molecule has 3 rings (SSSR count). The maximum absolute atomic E-state index is 6.18. The maximum Gasteiger partial charge on any atom is 0.175 e. The molecule has 0 aromatic heterocycles. The molecule has 1 aliphatic carbocycles. The van der Waals surface area contributed by atoms with Gasteiger partial charge in [0.1, 0.15) is 0 Å². The smallest absolute Gasteiger partial charge is 0.175 e. The molecule has 1 saturated carbocycles. The van der Waals surface area contributed by atoms with Gasteiger partial charge in [0.05, 0.1) is 17.7 Å². The van der Waals surface area contributed by atoms with E-state index < -0.39 is 0 Å². The Hall–Kier alpha value is -0.740. The van der Waals surface area contributed by atoms with Crippen LogP contribution in [0.2, 0.25) is 0 Å². The van der Waals surface area contributed by atoms with Gasteiger partial charge in [-0.15, -0.1) is 0 Å². The lowest BCUT2D eigenvalue weighted by Gasteiger charge is -2.25. The summed E-state index contributed by atoms with van der Waals surface area (Å²) in [4.78, 5) is 0. The number of ether oxygens (including phenoxy) is 2. The van der Waals surface area contributed by atoms with Crippen molar-refractivity contribution in [2.75, 3.05) is 20.2 Å². The third kappa shape index (κ3) is 3.54. The molecular weight excluding hydrogens is 330 g/mol. The Kier molecular flexibility index (Phi) is 5.07. The standard InChI is InChI=1S/C17H24BrNO2/c1-20-16-10-13(12-5-4-8-19-11-12)9-15(18)17(16)21-14-6-2-3-7-14/h9-10,12,14,19H,2-8,11H2,1H3. The van der Waals surface area contributed by atoms with Gasteiger partial charge in [0.2, 0.25) is 0 Å². The van der Waals surface area contributed by atoms with E-state index in [-0.39, 0.29) is 0 Å². The molecule has 1 unspecified atom stereocenters. The first-order valence-corrected chi connectivity index (χ1v) is 8.82. The van der Waals surface area contributed by atoms with Crippen molar-refractivity contribution >= 4 is 15.9 Å². The van der Waals surface area contributed by atoms with Crippen LogP contribution in [0, 0.1) is 0 Å². The first-order valence-electron chi connectivity index (χ1n) is 8.02. The minimum atomic E-state index is 0.345. The molecule has 1 saturated heterocycles. The van der Waals surface area contributed by atoms with E-state index in [0.29, 0.717) is 12.0 Å². The van der Waals surface area contributed by atoms with Gasteiger partial charge in [0, 0.05) is 6.54 Å². The molecule has 0 spiro atoms. The Bertz CT molecular complexity index is 480. The average Bonchev–Trinajstić information content (AvgIpc) is 3.03. The molecule has 116 valence electrons. The van der Waals surface area contributed by atoms with Gasteiger partial charge >= 0.3 is 0 Å². The normalized spacial score (nSPS) is 23.2. The molecule has 1 N–H and O–H groups in total. The molecule has 0 bridgehead atoms. The number of piperidine rings is 1. The van der Waals surface area contributed by atoms with E-state index in [9.17, 15) is 0 Å². The van der Waals surface area contributed by atoms with Crippen LogP contribution in [0.4, 0.5) is 0 Å². The fraction of sp³-hybridized carbons (Fsp3) is 0.647.